The quantitative estimate of drug-likeness (QED) is 0.262. The van der Waals surface area contributed by atoms with Gasteiger partial charge in [-0.3, -0.25) is 9.20 Å². The molecule has 3 amide bonds. The predicted octanol–water partition coefficient (Wildman–Crippen LogP) is 6.19. The minimum absolute atomic E-state index is 0.148. The van der Waals surface area contributed by atoms with E-state index >= 15 is 0 Å². The van der Waals surface area contributed by atoms with E-state index in [1.165, 1.54) is 0 Å². The van der Waals surface area contributed by atoms with Crippen molar-refractivity contribution in [2.45, 2.75) is 13.8 Å². The number of amides is 3. The lowest BCUT2D eigenvalue weighted by atomic mass is 10.1. The minimum Gasteiger partial charge on any atom is -0.308 e. The molecule has 0 atom stereocenters. The van der Waals surface area contributed by atoms with Crippen molar-refractivity contribution < 1.29 is 18.4 Å². The fraction of sp³-hybridized carbons (Fsp3) is 0.0714. The van der Waals surface area contributed by atoms with E-state index in [2.05, 4.69) is 25.9 Å². The number of anilines is 3. The first-order valence-electron chi connectivity index (χ1n) is 11.6. The maximum atomic E-state index is 13.9. The number of aryl methyl sites for hydroxylation is 2. The lowest BCUT2D eigenvalue weighted by Crippen LogP contribution is -2.20. The molecular formula is C28H22F2N6O2. The second-order valence-corrected chi connectivity index (χ2v) is 8.73. The summed E-state index contributed by atoms with van der Waals surface area (Å²) in [5, 5.41) is 7.83. The molecule has 10 heteroatoms. The number of carbonyl (C=O) groups is 2. The molecule has 3 N–H and O–H groups in total. The Morgan fingerprint density at radius 3 is 2.42 bits per heavy atom. The van der Waals surface area contributed by atoms with Crippen LogP contribution in [0.5, 0.6) is 0 Å². The van der Waals surface area contributed by atoms with Crippen molar-refractivity contribution in [3.05, 3.63) is 108 Å². The molecule has 5 aromatic rings. The molecule has 5 rings (SSSR count). The number of halogens is 2. The fourth-order valence-electron chi connectivity index (χ4n) is 4.14. The van der Waals surface area contributed by atoms with Crippen LogP contribution in [0.2, 0.25) is 0 Å². The Morgan fingerprint density at radius 1 is 0.868 bits per heavy atom. The molecular weight excluding hydrogens is 490 g/mol. The first kappa shape index (κ1) is 24.6. The highest BCUT2D eigenvalue weighted by molar-refractivity contribution is 6.05. The van der Waals surface area contributed by atoms with E-state index in [9.17, 15) is 18.4 Å². The molecule has 0 radical (unpaired) electrons. The monoisotopic (exact) mass is 512 g/mol. The zero-order valence-corrected chi connectivity index (χ0v) is 20.4. The van der Waals surface area contributed by atoms with Crippen molar-refractivity contribution in [3.63, 3.8) is 0 Å². The zero-order chi connectivity index (χ0) is 26.8. The minimum atomic E-state index is -0.881. The number of aromatic nitrogens is 3. The molecule has 0 unspecified atom stereocenters. The van der Waals surface area contributed by atoms with Crippen LogP contribution in [0.3, 0.4) is 0 Å². The summed E-state index contributed by atoms with van der Waals surface area (Å²) in [5.74, 6) is -1.61. The topological polar surface area (TPSA) is 100 Å². The van der Waals surface area contributed by atoms with Crippen molar-refractivity contribution in [2.24, 2.45) is 0 Å². The van der Waals surface area contributed by atoms with Gasteiger partial charge in [-0.25, -0.2) is 23.5 Å². The zero-order valence-electron chi connectivity index (χ0n) is 20.4. The number of carbonyl (C=O) groups excluding carboxylic acids is 2. The molecule has 0 aliphatic rings. The van der Waals surface area contributed by atoms with Gasteiger partial charge in [-0.15, -0.1) is 0 Å². The van der Waals surface area contributed by atoms with E-state index in [1.807, 2.05) is 26.0 Å². The van der Waals surface area contributed by atoms with Crippen LogP contribution in [0.15, 0.2) is 79.3 Å². The lowest BCUT2D eigenvalue weighted by molar-refractivity contribution is 0.102. The standard InChI is InChI=1S/C28H22F2N6O2/c1-16-10-17(2)12-19(11-16)27(37)35-25-26-32-15-24(36(26)9-8-31-25)18-4-3-5-21(13-18)33-28(38)34-23-7-6-20(29)14-22(23)30/h3-15H,1-2H3,(H,31,35,37)(H2,33,34,38). The highest BCUT2D eigenvalue weighted by atomic mass is 19.1. The average molecular weight is 513 g/mol. The van der Waals surface area contributed by atoms with Gasteiger partial charge >= 0.3 is 6.03 Å². The maximum absolute atomic E-state index is 13.9. The summed E-state index contributed by atoms with van der Waals surface area (Å²) in [5.41, 5.74) is 4.64. The van der Waals surface area contributed by atoms with Crippen LogP contribution in [0, 0.1) is 25.5 Å². The van der Waals surface area contributed by atoms with Crippen molar-refractivity contribution in [1.29, 1.82) is 0 Å². The summed E-state index contributed by atoms with van der Waals surface area (Å²) < 4.78 is 28.8. The molecule has 0 aliphatic carbocycles. The molecule has 0 bridgehead atoms. The van der Waals surface area contributed by atoms with Gasteiger partial charge in [0.15, 0.2) is 11.5 Å². The Morgan fingerprint density at radius 2 is 1.66 bits per heavy atom. The molecule has 190 valence electrons. The average Bonchev–Trinajstić information content (AvgIpc) is 3.31. The number of hydrogen-bond donors (Lipinski definition) is 3. The normalized spacial score (nSPS) is 10.8. The fourth-order valence-corrected chi connectivity index (χ4v) is 4.14. The van der Waals surface area contributed by atoms with E-state index in [0.29, 0.717) is 34.5 Å². The Balaban J connectivity index is 1.37. The number of imidazole rings is 1. The summed E-state index contributed by atoms with van der Waals surface area (Å²) in [6.45, 7) is 3.86. The first-order chi connectivity index (χ1) is 18.3. The smallest absolute Gasteiger partial charge is 0.308 e. The van der Waals surface area contributed by atoms with Crippen LogP contribution in [0.1, 0.15) is 21.5 Å². The molecule has 0 fully saturated rings. The number of urea groups is 1. The van der Waals surface area contributed by atoms with Gasteiger partial charge in [0.05, 0.1) is 17.6 Å². The number of nitrogens with one attached hydrogen (secondary N) is 3. The van der Waals surface area contributed by atoms with Crippen molar-refractivity contribution in [1.82, 2.24) is 14.4 Å². The predicted molar refractivity (Wildman–Crippen MR) is 141 cm³/mol. The van der Waals surface area contributed by atoms with Crippen LogP contribution in [0.25, 0.3) is 16.9 Å². The molecule has 3 aromatic carbocycles. The largest absolute Gasteiger partial charge is 0.323 e. The number of hydrogen-bond acceptors (Lipinski definition) is 4. The Bertz CT molecular complexity index is 1680. The second kappa shape index (κ2) is 10.1. The van der Waals surface area contributed by atoms with Gasteiger partial charge in [-0.05, 0) is 50.2 Å². The summed E-state index contributed by atoms with van der Waals surface area (Å²) in [4.78, 5) is 34.0. The van der Waals surface area contributed by atoms with Gasteiger partial charge < -0.3 is 16.0 Å². The molecule has 2 aromatic heterocycles. The van der Waals surface area contributed by atoms with Gasteiger partial charge in [-0.1, -0.05) is 29.3 Å². The second-order valence-electron chi connectivity index (χ2n) is 8.73. The third kappa shape index (κ3) is 5.19. The van der Waals surface area contributed by atoms with E-state index in [4.69, 9.17) is 0 Å². The van der Waals surface area contributed by atoms with Gasteiger partial charge in [0.1, 0.15) is 11.6 Å². The van der Waals surface area contributed by atoms with Gasteiger partial charge in [0, 0.05) is 35.3 Å². The number of rotatable bonds is 5. The summed E-state index contributed by atoms with van der Waals surface area (Å²) in [6, 6.07) is 14.8. The molecule has 2 heterocycles. The van der Waals surface area contributed by atoms with Crippen molar-refractivity contribution >= 4 is 34.8 Å². The maximum Gasteiger partial charge on any atom is 0.323 e. The molecule has 0 saturated heterocycles. The van der Waals surface area contributed by atoms with Gasteiger partial charge in [-0.2, -0.15) is 0 Å². The highest BCUT2D eigenvalue weighted by Crippen LogP contribution is 2.26. The van der Waals surface area contributed by atoms with E-state index in [1.54, 1.807) is 53.3 Å². The Hall–Kier alpha value is -5.12. The highest BCUT2D eigenvalue weighted by Gasteiger charge is 2.15. The third-order valence-electron chi connectivity index (χ3n) is 5.74. The summed E-state index contributed by atoms with van der Waals surface area (Å²) >= 11 is 0. The third-order valence-corrected chi connectivity index (χ3v) is 5.74. The van der Waals surface area contributed by atoms with Crippen LogP contribution >= 0.6 is 0 Å². The Kier molecular flexibility index (Phi) is 6.53. The van der Waals surface area contributed by atoms with Crippen molar-refractivity contribution in [3.8, 4) is 11.3 Å². The Labute approximate surface area is 216 Å². The van der Waals surface area contributed by atoms with Crippen LogP contribution in [0.4, 0.5) is 30.8 Å². The number of fused-ring (bicyclic) bond motifs is 1. The molecule has 0 aliphatic heterocycles. The van der Waals surface area contributed by atoms with Crippen LogP contribution in [-0.2, 0) is 0 Å². The molecule has 0 saturated carbocycles. The summed E-state index contributed by atoms with van der Waals surface area (Å²) in [6.07, 6.45) is 4.91. The first-order valence-corrected chi connectivity index (χ1v) is 11.6. The number of nitrogens with zero attached hydrogens (tertiary/aromatic N) is 3. The van der Waals surface area contributed by atoms with Crippen LogP contribution < -0.4 is 16.0 Å². The van der Waals surface area contributed by atoms with E-state index in [-0.39, 0.29) is 11.6 Å². The molecule has 0 spiro atoms. The summed E-state index contributed by atoms with van der Waals surface area (Å²) in [7, 11) is 0. The van der Waals surface area contributed by atoms with Gasteiger partial charge in [0.2, 0.25) is 0 Å². The van der Waals surface area contributed by atoms with E-state index in [0.717, 1.165) is 28.8 Å². The lowest BCUT2D eigenvalue weighted by Gasteiger charge is -2.10. The molecule has 38 heavy (non-hydrogen) atoms. The van der Waals surface area contributed by atoms with Gasteiger partial charge in [0.25, 0.3) is 5.91 Å². The molecule has 8 nitrogen and oxygen atoms in total. The SMILES string of the molecule is Cc1cc(C)cc(C(=O)Nc2nccn3c(-c4cccc(NC(=O)Nc5ccc(F)cc5F)c4)cnc23)c1. The van der Waals surface area contributed by atoms with Crippen molar-refractivity contribution in [2.75, 3.05) is 16.0 Å². The van der Waals surface area contributed by atoms with Crippen LogP contribution in [-0.4, -0.2) is 26.3 Å². The number of benzene rings is 3. The van der Waals surface area contributed by atoms with E-state index < -0.39 is 17.7 Å².